The van der Waals surface area contributed by atoms with Crippen LogP contribution in [0.15, 0.2) is 0 Å². The predicted octanol–water partition coefficient (Wildman–Crippen LogP) is 7.64. The molecule has 5 aliphatic carbocycles. The zero-order chi connectivity index (χ0) is 27.1. The van der Waals surface area contributed by atoms with Crippen molar-refractivity contribution in [2.24, 2.45) is 69.8 Å². The molecule has 0 aromatic carbocycles. The van der Waals surface area contributed by atoms with Crippen LogP contribution in [-0.2, 0) is 0 Å². The fourth-order valence-electron chi connectivity index (χ4n) is 11.7. The van der Waals surface area contributed by atoms with Crippen molar-refractivity contribution in [3.05, 3.63) is 0 Å². The van der Waals surface area contributed by atoms with Gasteiger partial charge in [0.25, 0.3) is 0 Å². The van der Waals surface area contributed by atoms with Gasteiger partial charge in [-0.25, -0.2) is 0 Å². The van der Waals surface area contributed by atoms with Crippen molar-refractivity contribution in [2.45, 2.75) is 137 Å². The summed E-state index contributed by atoms with van der Waals surface area (Å²) < 4.78 is 0. The zero-order valence-corrected chi connectivity index (χ0v) is 26.2. The SMILES string of the molecule is CC[C@H](C)CN[C@@H](C1CCC1)C(C)C1[C@@H](C)CC2[C@@H]3CCC4CC(NCCCN)CC[C@]4(C)C3CC[C@@]21C. The van der Waals surface area contributed by atoms with Gasteiger partial charge in [-0.05, 0) is 154 Å². The van der Waals surface area contributed by atoms with Crippen LogP contribution >= 0.6 is 0 Å². The van der Waals surface area contributed by atoms with Crippen molar-refractivity contribution in [1.82, 2.24) is 10.6 Å². The highest BCUT2D eigenvalue weighted by Crippen LogP contribution is 2.69. The summed E-state index contributed by atoms with van der Waals surface area (Å²) in [4.78, 5) is 0. The summed E-state index contributed by atoms with van der Waals surface area (Å²) >= 11 is 0. The van der Waals surface area contributed by atoms with Crippen LogP contribution in [-0.4, -0.2) is 31.7 Å². The second-order valence-electron chi connectivity index (χ2n) is 16.0. The maximum atomic E-state index is 5.77. The highest BCUT2D eigenvalue weighted by atomic mass is 14.9. The van der Waals surface area contributed by atoms with E-state index in [1.165, 1.54) is 83.6 Å². The Balaban J connectivity index is 1.29. The summed E-state index contributed by atoms with van der Waals surface area (Å²) in [5.74, 6) is 8.22. The van der Waals surface area contributed by atoms with Gasteiger partial charge in [0.1, 0.15) is 0 Å². The molecule has 220 valence electrons. The first kappa shape index (κ1) is 29.4. The molecule has 4 N–H and O–H groups in total. The van der Waals surface area contributed by atoms with E-state index in [2.05, 4.69) is 52.2 Å². The molecule has 0 aromatic heterocycles. The average molecular weight is 528 g/mol. The Morgan fingerprint density at radius 1 is 0.921 bits per heavy atom. The van der Waals surface area contributed by atoms with Crippen LogP contribution < -0.4 is 16.4 Å². The largest absolute Gasteiger partial charge is 0.330 e. The molecule has 0 heterocycles. The van der Waals surface area contributed by atoms with E-state index in [4.69, 9.17) is 5.73 Å². The number of fused-ring (bicyclic) bond motifs is 5. The van der Waals surface area contributed by atoms with Gasteiger partial charge in [0.05, 0.1) is 0 Å². The molecule has 5 rings (SSSR count). The summed E-state index contributed by atoms with van der Waals surface area (Å²) in [5.41, 5.74) is 6.92. The molecule has 5 saturated carbocycles. The normalized spacial score (nSPS) is 45.4. The van der Waals surface area contributed by atoms with Crippen molar-refractivity contribution in [1.29, 1.82) is 0 Å². The van der Waals surface area contributed by atoms with Crippen LogP contribution in [0.1, 0.15) is 125 Å². The van der Waals surface area contributed by atoms with Crippen LogP contribution in [0.5, 0.6) is 0 Å². The quantitative estimate of drug-likeness (QED) is 0.242. The Labute approximate surface area is 237 Å². The molecule has 3 nitrogen and oxygen atoms in total. The molecule has 5 fully saturated rings. The van der Waals surface area contributed by atoms with Crippen molar-refractivity contribution in [3.8, 4) is 0 Å². The summed E-state index contributed by atoms with van der Waals surface area (Å²) in [6.45, 7) is 18.8. The van der Waals surface area contributed by atoms with Crippen LogP contribution in [0.25, 0.3) is 0 Å². The van der Waals surface area contributed by atoms with Crippen LogP contribution in [0.3, 0.4) is 0 Å². The molecular weight excluding hydrogens is 462 g/mol. The Morgan fingerprint density at radius 2 is 1.68 bits per heavy atom. The van der Waals surface area contributed by atoms with E-state index in [1.807, 2.05) is 0 Å². The molecule has 0 radical (unpaired) electrons. The van der Waals surface area contributed by atoms with Crippen LogP contribution in [0, 0.1) is 64.1 Å². The zero-order valence-electron chi connectivity index (χ0n) is 26.2. The predicted molar refractivity (Wildman–Crippen MR) is 163 cm³/mol. The number of hydrogen-bond acceptors (Lipinski definition) is 3. The van der Waals surface area contributed by atoms with Crippen molar-refractivity contribution < 1.29 is 0 Å². The molecule has 12 atom stereocenters. The number of nitrogens with one attached hydrogen (secondary N) is 2. The van der Waals surface area contributed by atoms with E-state index < -0.39 is 0 Å². The van der Waals surface area contributed by atoms with E-state index in [0.717, 1.165) is 84.9 Å². The first-order valence-corrected chi connectivity index (χ1v) is 17.4. The third-order valence-corrected chi connectivity index (χ3v) is 14.1. The molecule has 0 aromatic rings. The molecule has 38 heavy (non-hydrogen) atoms. The molecule has 0 bridgehead atoms. The monoisotopic (exact) mass is 528 g/mol. The topological polar surface area (TPSA) is 50.1 Å². The van der Waals surface area contributed by atoms with Gasteiger partial charge in [-0.1, -0.05) is 54.4 Å². The van der Waals surface area contributed by atoms with Gasteiger partial charge in [-0.3, -0.25) is 0 Å². The minimum atomic E-state index is 0.560. The van der Waals surface area contributed by atoms with Gasteiger partial charge in [0.15, 0.2) is 0 Å². The Morgan fingerprint density at radius 3 is 2.37 bits per heavy atom. The molecule has 5 aliphatic rings. The van der Waals surface area contributed by atoms with Crippen molar-refractivity contribution in [2.75, 3.05) is 19.6 Å². The summed E-state index contributed by atoms with van der Waals surface area (Å²) in [6.07, 6.45) is 18.6. The van der Waals surface area contributed by atoms with Crippen LogP contribution in [0.4, 0.5) is 0 Å². The number of rotatable bonds is 11. The molecule has 0 aliphatic heterocycles. The first-order valence-electron chi connectivity index (χ1n) is 17.4. The standard InChI is InChI=1S/C35H65N3/c1-7-23(2)22-38-33(26-10-8-11-26)25(4)32-24(3)20-31-29-13-12-27-21-28(37-19-9-18-36)14-16-34(27,5)30(29)15-17-35(31,32)6/h23-33,37-38H,7-22,36H2,1-6H3/t23-,24-,25?,27?,28?,29+,30?,31?,32?,33+,34-,35-/m0/s1. The fraction of sp³-hybridized carbons (Fsp3) is 1.00. The third kappa shape index (κ3) is 5.29. The van der Waals surface area contributed by atoms with Gasteiger partial charge < -0.3 is 16.4 Å². The van der Waals surface area contributed by atoms with E-state index >= 15 is 0 Å². The lowest BCUT2D eigenvalue weighted by molar-refractivity contribution is -0.120. The summed E-state index contributed by atoms with van der Waals surface area (Å²) in [7, 11) is 0. The summed E-state index contributed by atoms with van der Waals surface area (Å²) in [6, 6.07) is 1.49. The molecule has 6 unspecified atom stereocenters. The number of nitrogens with two attached hydrogens (primary N) is 1. The second-order valence-corrected chi connectivity index (χ2v) is 16.0. The minimum Gasteiger partial charge on any atom is -0.330 e. The lowest BCUT2D eigenvalue weighted by atomic mass is 9.44. The number of hydrogen-bond donors (Lipinski definition) is 3. The van der Waals surface area contributed by atoms with Gasteiger partial charge in [-0.2, -0.15) is 0 Å². The van der Waals surface area contributed by atoms with Gasteiger partial charge >= 0.3 is 0 Å². The van der Waals surface area contributed by atoms with E-state index in [1.54, 1.807) is 0 Å². The second kappa shape index (κ2) is 12.0. The van der Waals surface area contributed by atoms with E-state index in [0.29, 0.717) is 10.8 Å². The smallest absolute Gasteiger partial charge is 0.0124 e. The lowest BCUT2D eigenvalue weighted by Crippen LogP contribution is -2.56. The molecule has 0 saturated heterocycles. The molecular formula is C35H65N3. The Kier molecular flexibility index (Phi) is 9.28. The van der Waals surface area contributed by atoms with E-state index in [-0.39, 0.29) is 0 Å². The fourth-order valence-corrected chi connectivity index (χ4v) is 11.7. The molecule has 3 heteroatoms. The van der Waals surface area contributed by atoms with Gasteiger partial charge in [0, 0.05) is 12.1 Å². The van der Waals surface area contributed by atoms with Gasteiger partial charge in [0.2, 0.25) is 0 Å². The van der Waals surface area contributed by atoms with Gasteiger partial charge in [-0.15, -0.1) is 0 Å². The highest BCUT2D eigenvalue weighted by Gasteiger charge is 2.62. The van der Waals surface area contributed by atoms with Crippen molar-refractivity contribution >= 4 is 0 Å². The van der Waals surface area contributed by atoms with Crippen molar-refractivity contribution in [3.63, 3.8) is 0 Å². The maximum absolute atomic E-state index is 5.77. The average Bonchev–Trinajstić information content (AvgIpc) is 3.14. The highest BCUT2D eigenvalue weighted by molar-refractivity contribution is 5.12. The third-order valence-electron chi connectivity index (χ3n) is 14.1. The summed E-state index contributed by atoms with van der Waals surface area (Å²) in [5, 5.41) is 8.07. The van der Waals surface area contributed by atoms with E-state index in [9.17, 15) is 0 Å². The Bertz CT molecular complexity index is 764. The minimum absolute atomic E-state index is 0.560. The molecule has 0 spiro atoms. The lowest BCUT2D eigenvalue weighted by Gasteiger charge is -2.61. The Hall–Kier alpha value is -0.120. The van der Waals surface area contributed by atoms with Crippen LogP contribution in [0.2, 0.25) is 0 Å². The maximum Gasteiger partial charge on any atom is 0.0124 e. The first-order chi connectivity index (χ1) is 18.2. The molecule has 0 amide bonds.